The molecule has 0 aliphatic rings. The van der Waals surface area contributed by atoms with Gasteiger partial charge in [-0.05, 0) is 31.9 Å². The van der Waals surface area contributed by atoms with Crippen molar-refractivity contribution in [2.24, 2.45) is 5.73 Å². The molecule has 0 aliphatic carbocycles. The molecule has 0 saturated heterocycles. The number of terminal acetylenes is 1. The van der Waals surface area contributed by atoms with Crippen molar-refractivity contribution >= 4 is 29.1 Å². The van der Waals surface area contributed by atoms with E-state index < -0.39 is 23.2 Å². The summed E-state index contributed by atoms with van der Waals surface area (Å²) in [7, 11) is 1.32. The minimum absolute atomic E-state index is 0.0860. The van der Waals surface area contributed by atoms with Gasteiger partial charge < -0.3 is 10.5 Å². The maximum atomic E-state index is 14.4. The van der Waals surface area contributed by atoms with Crippen LogP contribution in [0.5, 0.6) is 5.75 Å². The van der Waals surface area contributed by atoms with E-state index in [-0.39, 0.29) is 16.5 Å². The Morgan fingerprint density at radius 1 is 1.48 bits per heavy atom. The predicted molar refractivity (Wildman–Crippen MR) is 77.6 cm³/mol. The lowest BCUT2D eigenvalue weighted by Crippen LogP contribution is -2.56. The predicted octanol–water partition coefficient (Wildman–Crippen LogP) is 1.72. The zero-order valence-corrected chi connectivity index (χ0v) is 12.5. The van der Waals surface area contributed by atoms with Crippen LogP contribution in [0.15, 0.2) is 12.1 Å². The fraction of sp³-hybridized carbons (Fsp3) is 0.286. The Bertz CT molecular complexity index is 638. The van der Waals surface area contributed by atoms with Crippen LogP contribution < -0.4 is 15.4 Å². The van der Waals surface area contributed by atoms with Gasteiger partial charge in [-0.3, -0.25) is 14.5 Å². The van der Waals surface area contributed by atoms with Crippen LogP contribution >= 0.6 is 11.6 Å². The first-order valence-electron chi connectivity index (χ1n) is 5.81. The van der Waals surface area contributed by atoms with Crippen molar-refractivity contribution in [3.63, 3.8) is 0 Å². The highest BCUT2D eigenvalue weighted by atomic mass is 35.5. The van der Waals surface area contributed by atoms with Crippen molar-refractivity contribution in [1.82, 2.24) is 0 Å². The molecule has 0 spiro atoms. The van der Waals surface area contributed by atoms with Gasteiger partial charge in [0.25, 0.3) is 0 Å². The highest BCUT2D eigenvalue weighted by Crippen LogP contribution is 2.36. The molecule has 2 N–H and O–H groups in total. The second-order valence-corrected chi connectivity index (χ2v) is 5.00. The summed E-state index contributed by atoms with van der Waals surface area (Å²) in [5, 5.41) is -0.329. The Hall–Kier alpha value is -2.26. The van der Waals surface area contributed by atoms with Crippen LogP contribution in [0.25, 0.3) is 0 Å². The molecule has 0 fully saturated rings. The lowest BCUT2D eigenvalue weighted by atomic mass is 10.00. The van der Waals surface area contributed by atoms with Gasteiger partial charge in [0.15, 0.2) is 5.82 Å². The zero-order chi connectivity index (χ0) is 16.4. The van der Waals surface area contributed by atoms with Gasteiger partial charge in [0.05, 0.1) is 12.8 Å². The van der Waals surface area contributed by atoms with E-state index in [4.69, 9.17) is 28.5 Å². The summed E-state index contributed by atoms with van der Waals surface area (Å²) in [6.45, 7) is 2.70. The number of anilines is 1. The van der Waals surface area contributed by atoms with Crippen molar-refractivity contribution in [3.8, 4) is 18.1 Å². The van der Waals surface area contributed by atoms with Gasteiger partial charge in [-0.25, -0.2) is 4.39 Å². The number of methoxy groups -OCH3 is 1. The van der Waals surface area contributed by atoms with E-state index in [1.165, 1.54) is 33.1 Å². The average Bonchev–Trinajstić information content (AvgIpc) is 2.43. The number of carbonyl (C=O) groups is 2. The summed E-state index contributed by atoms with van der Waals surface area (Å²) in [6, 6.07) is 2.59. The van der Waals surface area contributed by atoms with E-state index in [2.05, 4.69) is 0 Å². The number of amides is 2. The minimum atomic E-state index is -1.54. The molecule has 1 aromatic carbocycles. The van der Waals surface area contributed by atoms with Gasteiger partial charge in [0.2, 0.25) is 5.91 Å². The fourth-order valence-corrected chi connectivity index (χ4v) is 1.93. The normalized spacial score (nSPS) is 10.7. The third-order valence-electron chi connectivity index (χ3n) is 2.98. The monoisotopic (exact) mass is 312 g/mol. The summed E-state index contributed by atoms with van der Waals surface area (Å²) in [5.41, 5.74) is 3.47. The minimum Gasteiger partial charge on any atom is -0.495 e. The molecule has 1 rings (SSSR count). The lowest BCUT2D eigenvalue weighted by molar-refractivity contribution is -0.125. The van der Waals surface area contributed by atoms with E-state index in [1.54, 1.807) is 0 Å². The van der Waals surface area contributed by atoms with Gasteiger partial charge in [-0.15, -0.1) is 6.42 Å². The molecule has 0 atom stereocenters. The molecule has 0 saturated carbocycles. The number of hydrogen-bond donors (Lipinski definition) is 1. The van der Waals surface area contributed by atoms with Gasteiger partial charge in [0, 0.05) is 0 Å². The number of primary amides is 1. The molecule has 0 aliphatic heterocycles. The topological polar surface area (TPSA) is 72.6 Å². The summed E-state index contributed by atoms with van der Waals surface area (Å²) in [4.78, 5) is 24.3. The van der Waals surface area contributed by atoms with Crippen LogP contribution in [0.4, 0.5) is 10.1 Å². The third kappa shape index (κ3) is 2.93. The quantitative estimate of drug-likeness (QED) is 0.860. The SMILES string of the molecule is C#CC(=O)N(c1ccc(OC)c(Cl)c1F)C(C)(C)C(N)=O. The van der Waals surface area contributed by atoms with Crippen LogP contribution in [0, 0.1) is 18.2 Å². The zero-order valence-electron chi connectivity index (χ0n) is 11.7. The summed E-state index contributed by atoms with van der Waals surface area (Å²) < 4.78 is 19.2. The lowest BCUT2D eigenvalue weighted by Gasteiger charge is -2.34. The Kier molecular flexibility index (Phi) is 4.81. The summed E-state index contributed by atoms with van der Waals surface area (Å²) >= 11 is 5.81. The number of hydrogen-bond acceptors (Lipinski definition) is 3. The van der Waals surface area contributed by atoms with Crippen LogP contribution in [0.2, 0.25) is 5.02 Å². The van der Waals surface area contributed by atoms with E-state index in [0.717, 1.165) is 4.90 Å². The van der Waals surface area contributed by atoms with Gasteiger partial charge in [0.1, 0.15) is 16.3 Å². The van der Waals surface area contributed by atoms with Gasteiger partial charge in [-0.2, -0.15) is 0 Å². The second kappa shape index (κ2) is 6.02. The van der Waals surface area contributed by atoms with E-state index in [0.29, 0.717) is 0 Å². The van der Waals surface area contributed by atoms with Crippen molar-refractivity contribution < 1.29 is 18.7 Å². The standard InChI is InChI=1S/C14H14ClFN2O3/c1-5-10(19)18(14(2,3)13(17)20)8-6-7-9(21-4)11(15)12(8)16/h1,6-7H,2-4H3,(H2,17,20). The summed E-state index contributed by atoms with van der Waals surface area (Å²) in [5.74, 6) is -0.779. The number of carbonyl (C=O) groups excluding carboxylic acids is 2. The van der Waals surface area contributed by atoms with Crippen LogP contribution in [0.3, 0.4) is 0 Å². The molecule has 0 aromatic heterocycles. The Labute approximate surface area is 126 Å². The highest BCUT2D eigenvalue weighted by Gasteiger charge is 2.38. The molecule has 5 nitrogen and oxygen atoms in total. The molecular formula is C14H14ClFN2O3. The molecule has 0 radical (unpaired) electrons. The van der Waals surface area contributed by atoms with Gasteiger partial charge >= 0.3 is 5.91 Å². The van der Waals surface area contributed by atoms with Crippen LogP contribution in [-0.4, -0.2) is 24.5 Å². The number of halogens is 2. The first kappa shape index (κ1) is 16.8. The maximum absolute atomic E-state index is 14.4. The first-order chi connectivity index (χ1) is 9.68. The second-order valence-electron chi connectivity index (χ2n) is 4.62. The number of nitrogens with zero attached hydrogens (tertiary/aromatic N) is 1. The fourth-order valence-electron chi connectivity index (χ4n) is 1.69. The molecule has 0 bridgehead atoms. The number of ether oxygens (including phenoxy) is 1. The number of benzene rings is 1. The molecule has 1 aromatic rings. The molecular weight excluding hydrogens is 299 g/mol. The molecule has 7 heteroatoms. The van der Waals surface area contributed by atoms with Crippen molar-refractivity contribution in [2.45, 2.75) is 19.4 Å². The molecule has 112 valence electrons. The first-order valence-corrected chi connectivity index (χ1v) is 6.19. The third-order valence-corrected chi connectivity index (χ3v) is 3.33. The number of rotatable bonds is 4. The molecule has 21 heavy (non-hydrogen) atoms. The Morgan fingerprint density at radius 3 is 2.48 bits per heavy atom. The Balaban J connectivity index is 3.57. The largest absolute Gasteiger partial charge is 0.495 e. The number of nitrogens with two attached hydrogens (primary N) is 1. The highest BCUT2D eigenvalue weighted by molar-refractivity contribution is 6.32. The van der Waals surface area contributed by atoms with Crippen molar-refractivity contribution in [3.05, 3.63) is 23.0 Å². The van der Waals surface area contributed by atoms with E-state index >= 15 is 0 Å². The van der Waals surface area contributed by atoms with Crippen molar-refractivity contribution in [2.75, 3.05) is 12.0 Å². The molecule has 0 heterocycles. The maximum Gasteiger partial charge on any atom is 0.303 e. The van der Waals surface area contributed by atoms with E-state index in [9.17, 15) is 14.0 Å². The van der Waals surface area contributed by atoms with Crippen molar-refractivity contribution in [1.29, 1.82) is 0 Å². The van der Waals surface area contributed by atoms with E-state index in [1.807, 2.05) is 5.92 Å². The molecule has 2 amide bonds. The van der Waals surface area contributed by atoms with Gasteiger partial charge in [-0.1, -0.05) is 11.6 Å². The smallest absolute Gasteiger partial charge is 0.303 e. The average molecular weight is 313 g/mol. The Morgan fingerprint density at radius 2 is 2.05 bits per heavy atom. The van der Waals surface area contributed by atoms with Crippen LogP contribution in [0.1, 0.15) is 13.8 Å². The molecule has 0 unspecified atom stereocenters. The van der Waals surface area contributed by atoms with Crippen LogP contribution in [-0.2, 0) is 9.59 Å². The summed E-state index contributed by atoms with van der Waals surface area (Å²) in [6.07, 6.45) is 5.08.